The van der Waals surface area contributed by atoms with Gasteiger partial charge in [0, 0.05) is 5.92 Å². The lowest BCUT2D eigenvalue weighted by atomic mass is 9.96. The fourth-order valence-corrected chi connectivity index (χ4v) is 5.27. The Bertz CT molecular complexity index is 963. The van der Waals surface area contributed by atoms with Crippen molar-refractivity contribution in [3.63, 3.8) is 0 Å². The summed E-state index contributed by atoms with van der Waals surface area (Å²) < 4.78 is 38.6. The van der Waals surface area contributed by atoms with Crippen molar-refractivity contribution in [1.82, 2.24) is 0 Å². The minimum Gasteiger partial charge on any atom is -0.407 e. The number of aldehydes is 1. The Kier molecular flexibility index (Phi) is 8.03. The van der Waals surface area contributed by atoms with Gasteiger partial charge in [0.25, 0.3) is 10.1 Å². The molecular formula is C24H34O5SSi. The summed E-state index contributed by atoms with van der Waals surface area (Å²) in [7, 11) is -6.42. The summed E-state index contributed by atoms with van der Waals surface area (Å²) >= 11 is 0. The van der Waals surface area contributed by atoms with Gasteiger partial charge in [0.15, 0.2) is 8.32 Å². The molecule has 0 unspecified atom stereocenters. The van der Waals surface area contributed by atoms with Gasteiger partial charge in [-0.25, -0.2) is 0 Å². The number of benzene rings is 2. The highest BCUT2D eigenvalue weighted by molar-refractivity contribution is 7.86. The Hall–Kier alpha value is -1.80. The van der Waals surface area contributed by atoms with Crippen LogP contribution in [0, 0.1) is 12.8 Å². The van der Waals surface area contributed by atoms with E-state index in [0.29, 0.717) is 0 Å². The second-order valence-electron chi connectivity index (χ2n) is 9.53. The van der Waals surface area contributed by atoms with Crippen molar-refractivity contribution in [3.8, 4) is 0 Å². The van der Waals surface area contributed by atoms with Gasteiger partial charge in [-0.05, 0) is 42.8 Å². The summed E-state index contributed by atoms with van der Waals surface area (Å²) in [6.07, 6.45) is -0.983. The number of carbonyl (C=O) groups excluding carboxylic acids is 1. The number of carbonyl (C=O) groups is 1. The zero-order valence-corrected chi connectivity index (χ0v) is 21.3. The molecule has 0 amide bonds. The topological polar surface area (TPSA) is 69.7 Å². The van der Waals surface area contributed by atoms with Crippen LogP contribution in [0.25, 0.3) is 0 Å². The molecule has 0 saturated carbocycles. The van der Waals surface area contributed by atoms with E-state index < -0.39 is 36.6 Å². The number of hydrogen-bond acceptors (Lipinski definition) is 5. The van der Waals surface area contributed by atoms with E-state index >= 15 is 0 Å². The summed E-state index contributed by atoms with van der Waals surface area (Å²) in [6.45, 7) is 14.1. The molecule has 0 saturated heterocycles. The van der Waals surface area contributed by atoms with E-state index in [4.69, 9.17) is 8.61 Å². The van der Waals surface area contributed by atoms with Crippen molar-refractivity contribution < 1.29 is 21.8 Å². The maximum Gasteiger partial charge on any atom is 0.297 e. The molecule has 0 N–H and O–H groups in total. The molecule has 0 aliphatic rings. The Balaban J connectivity index is 2.53. The Labute approximate surface area is 188 Å². The molecular weight excluding hydrogens is 428 g/mol. The Morgan fingerprint density at radius 1 is 0.968 bits per heavy atom. The van der Waals surface area contributed by atoms with Crippen LogP contribution in [-0.4, -0.2) is 29.1 Å². The molecule has 2 aromatic rings. The van der Waals surface area contributed by atoms with Gasteiger partial charge in [-0.1, -0.05) is 75.7 Å². The van der Waals surface area contributed by atoms with Crippen LogP contribution < -0.4 is 0 Å². The molecule has 3 atom stereocenters. The molecule has 0 heterocycles. The molecule has 0 bridgehead atoms. The van der Waals surface area contributed by atoms with Crippen molar-refractivity contribution in [2.75, 3.05) is 0 Å². The molecule has 0 aliphatic carbocycles. The predicted molar refractivity (Wildman–Crippen MR) is 126 cm³/mol. The molecule has 0 aromatic heterocycles. The van der Waals surface area contributed by atoms with Crippen LogP contribution >= 0.6 is 0 Å². The van der Waals surface area contributed by atoms with Crippen molar-refractivity contribution in [1.29, 1.82) is 0 Å². The standard InChI is InChI=1S/C24H34O5SSi/c1-18-13-15-21(16-14-18)30(26,27)28-22(19(2)17-25)23(20-11-9-8-10-12-20)29-31(6,7)24(3,4)5/h8-17,19,22-23H,1-7H3/t19-,22-,23+/m0/s1. The molecule has 7 heteroatoms. The van der Waals surface area contributed by atoms with Crippen molar-refractivity contribution in [2.45, 2.75) is 69.9 Å². The lowest BCUT2D eigenvalue weighted by Crippen LogP contribution is -2.46. The van der Waals surface area contributed by atoms with Crippen LogP contribution in [0.1, 0.15) is 44.9 Å². The maximum atomic E-state index is 13.1. The number of hydrogen-bond donors (Lipinski definition) is 0. The van der Waals surface area contributed by atoms with Gasteiger partial charge in [-0.2, -0.15) is 8.42 Å². The van der Waals surface area contributed by atoms with E-state index in [1.165, 1.54) is 12.1 Å². The van der Waals surface area contributed by atoms with Crippen LogP contribution in [0.4, 0.5) is 0 Å². The van der Waals surface area contributed by atoms with Crippen molar-refractivity contribution >= 4 is 24.7 Å². The highest BCUT2D eigenvalue weighted by Gasteiger charge is 2.43. The quantitative estimate of drug-likeness (QED) is 0.273. The zero-order valence-electron chi connectivity index (χ0n) is 19.5. The molecule has 0 aliphatic heterocycles. The fourth-order valence-electron chi connectivity index (χ4n) is 2.86. The van der Waals surface area contributed by atoms with Crippen LogP contribution in [0.2, 0.25) is 18.1 Å². The van der Waals surface area contributed by atoms with Crippen LogP contribution in [0.15, 0.2) is 59.5 Å². The van der Waals surface area contributed by atoms with Gasteiger partial charge >= 0.3 is 0 Å². The molecule has 2 aromatic carbocycles. The first kappa shape index (κ1) is 25.5. The van der Waals surface area contributed by atoms with E-state index in [9.17, 15) is 13.2 Å². The molecule has 2 rings (SSSR count). The minimum atomic E-state index is -4.10. The van der Waals surface area contributed by atoms with Gasteiger partial charge in [0.05, 0.1) is 11.0 Å². The fraction of sp³-hybridized carbons (Fsp3) is 0.458. The molecule has 31 heavy (non-hydrogen) atoms. The van der Waals surface area contributed by atoms with E-state index in [0.717, 1.165) is 17.4 Å². The van der Waals surface area contributed by atoms with Crippen LogP contribution in [0.5, 0.6) is 0 Å². The largest absolute Gasteiger partial charge is 0.407 e. The van der Waals surface area contributed by atoms with E-state index in [1.807, 2.05) is 37.3 Å². The Morgan fingerprint density at radius 2 is 1.52 bits per heavy atom. The molecule has 0 fully saturated rings. The van der Waals surface area contributed by atoms with Gasteiger partial charge in [-0.3, -0.25) is 4.18 Å². The smallest absolute Gasteiger partial charge is 0.297 e. The Morgan fingerprint density at radius 3 is 2.00 bits per heavy atom. The highest BCUT2D eigenvalue weighted by Crippen LogP contribution is 2.42. The monoisotopic (exact) mass is 462 g/mol. The van der Waals surface area contributed by atoms with E-state index in [2.05, 4.69) is 33.9 Å². The first-order chi connectivity index (χ1) is 14.3. The zero-order chi connectivity index (χ0) is 23.4. The third-order valence-electron chi connectivity index (χ3n) is 5.93. The second-order valence-corrected chi connectivity index (χ2v) is 15.9. The normalized spacial score (nSPS) is 15.8. The summed E-state index contributed by atoms with van der Waals surface area (Å²) in [5.74, 6) is -0.699. The van der Waals surface area contributed by atoms with E-state index in [1.54, 1.807) is 19.1 Å². The minimum absolute atomic E-state index is 0.0559. The summed E-state index contributed by atoms with van der Waals surface area (Å²) in [5.41, 5.74) is 1.73. The van der Waals surface area contributed by atoms with Gasteiger partial charge in [0.1, 0.15) is 12.4 Å². The van der Waals surface area contributed by atoms with Gasteiger partial charge in [0.2, 0.25) is 0 Å². The third-order valence-corrected chi connectivity index (χ3v) is 11.7. The highest BCUT2D eigenvalue weighted by atomic mass is 32.2. The van der Waals surface area contributed by atoms with Crippen molar-refractivity contribution in [3.05, 3.63) is 65.7 Å². The number of aryl methyl sites for hydroxylation is 1. The lowest BCUT2D eigenvalue weighted by Gasteiger charge is -2.42. The van der Waals surface area contributed by atoms with Gasteiger partial charge < -0.3 is 9.22 Å². The second kappa shape index (κ2) is 9.77. The SMILES string of the molecule is Cc1ccc(S(=O)(=O)O[C@H]([C@H](O[Si](C)(C)C(C)(C)C)c2ccccc2)[C@@H](C)C=O)cc1. The molecule has 0 radical (unpaired) electrons. The number of rotatable bonds is 9. The maximum absolute atomic E-state index is 13.1. The van der Waals surface area contributed by atoms with Crippen LogP contribution in [0.3, 0.4) is 0 Å². The average molecular weight is 463 g/mol. The molecule has 0 spiro atoms. The molecule has 170 valence electrons. The first-order valence-corrected chi connectivity index (χ1v) is 14.8. The van der Waals surface area contributed by atoms with Gasteiger partial charge in [-0.15, -0.1) is 0 Å². The lowest BCUT2D eigenvalue weighted by molar-refractivity contribution is -0.115. The summed E-state index contributed by atoms with van der Waals surface area (Å²) in [6, 6.07) is 15.8. The summed E-state index contributed by atoms with van der Waals surface area (Å²) in [5, 5.41) is -0.106. The predicted octanol–water partition coefficient (Wildman–Crippen LogP) is 5.67. The third kappa shape index (κ3) is 6.35. The van der Waals surface area contributed by atoms with Crippen molar-refractivity contribution in [2.24, 2.45) is 5.92 Å². The first-order valence-electron chi connectivity index (χ1n) is 10.5. The van der Waals surface area contributed by atoms with E-state index in [-0.39, 0.29) is 9.93 Å². The summed E-state index contributed by atoms with van der Waals surface area (Å²) in [4.78, 5) is 11.8. The molecule has 5 nitrogen and oxygen atoms in total. The average Bonchev–Trinajstić information content (AvgIpc) is 2.70. The van der Waals surface area contributed by atoms with Crippen LogP contribution in [-0.2, 0) is 23.5 Å².